The van der Waals surface area contributed by atoms with Crippen LogP contribution in [0.5, 0.6) is 0 Å². The van der Waals surface area contributed by atoms with Crippen molar-refractivity contribution in [2.45, 2.75) is 45.6 Å². The van der Waals surface area contributed by atoms with E-state index in [9.17, 15) is 0 Å². The van der Waals surface area contributed by atoms with Crippen LogP contribution in [0.1, 0.15) is 38.8 Å². The average Bonchev–Trinajstić information content (AvgIpc) is 2.84. The van der Waals surface area contributed by atoms with Gasteiger partial charge < -0.3 is 5.32 Å². The van der Waals surface area contributed by atoms with Crippen molar-refractivity contribution in [1.82, 2.24) is 19.7 Å². The molecule has 98 valence electrons. The van der Waals surface area contributed by atoms with Gasteiger partial charge in [-0.1, -0.05) is 20.3 Å². The fourth-order valence-corrected chi connectivity index (χ4v) is 2.33. The Morgan fingerprint density at radius 2 is 2.28 bits per heavy atom. The molecule has 0 radical (unpaired) electrons. The van der Waals surface area contributed by atoms with Crippen LogP contribution in [0.3, 0.4) is 0 Å². The molecule has 0 aliphatic carbocycles. The lowest BCUT2D eigenvalue weighted by molar-refractivity contribution is 0.397. The minimum Gasteiger partial charge on any atom is -0.314 e. The molecule has 3 rings (SSSR count). The van der Waals surface area contributed by atoms with Crippen molar-refractivity contribution < 1.29 is 0 Å². The second-order valence-corrected chi connectivity index (χ2v) is 4.41. The van der Waals surface area contributed by atoms with Crippen molar-refractivity contribution in [3.05, 3.63) is 30.4 Å². The van der Waals surface area contributed by atoms with Gasteiger partial charge in [0, 0.05) is 31.1 Å². The van der Waals surface area contributed by atoms with Crippen molar-refractivity contribution >= 4 is 5.78 Å². The lowest BCUT2D eigenvalue weighted by atomic mass is 10.0. The minimum absolute atomic E-state index is 0.596. The fourth-order valence-electron chi connectivity index (χ4n) is 2.33. The Kier molecular flexibility index (Phi) is 4.70. The molecule has 1 fully saturated rings. The van der Waals surface area contributed by atoms with E-state index >= 15 is 0 Å². The zero-order chi connectivity index (χ0) is 12.8. The van der Waals surface area contributed by atoms with Crippen LogP contribution < -0.4 is 5.32 Å². The van der Waals surface area contributed by atoms with Gasteiger partial charge in [-0.3, -0.25) is 4.40 Å². The van der Waals surface area contributed by atoms with Gasteiger partial charge in [-0.15, -0.1) is 0 Å². The topological polar surface area (TPSA) is 42.2 Å². The Balaban J connectivity index is 0.000000574. The number of hydrogen-bond acceptors (Lipinski definition) is 3. The van der Waals surface area contributed by atoms with Gasteiger partial charge in [-0.25, -0.2) is 9.97 Å². The molecular weight excluding hydrogens is 224 g/mol. The summed E-state index contributed by atoms with van der Waals surface area (Å²) in [7, 11) is 0. The summed E-state index contributed by atoms with van der Waals surface area (Å²) in [6.45, 7) is 5.15. The standard InChI is InChI=1S/C12H16N4.C2H6/c1-2-5-13-10(4-1)8-11-9-16-7-3-6-14-12(16)15-11;1-2/h3,6-7,9-10,13H,1-2,4-5,8H2;1-2H3/t10-;/m0./s1. The third kappa shape index (κ3) is 3.07. The normalized spacial score (nSPS) is 19.3. The molecule has 0 amide bonds. The maximum atomic E-state index is 4.52. The van der Waals surface area contributed by atoms with Crippen LogP contribution in [-0.4, -0.2) is 27.0 Å². The average molecular weight is 246 g/mol. The summed E-state index contributed by atoms with van der Waals surface area (Å²) < 4.78 is 1.98. The van der Waals surface area contributed by atoms with Gasteiger partial charge in [0.25, 0.3) is 0 Å². The molecule has 2 aromatic heterocycles. The Hall–Kier alpha value is -1.42. The van der Waals surface area contributed by atoms with Crippen LogP contribution in [0.25, 0.3) is 5.78 Å². The van der Waals surface area contributed by atoms with E-state index in [-0.39, 0.29) is 0 Å². The molecule has 1 aliphatic heterocycles. The van der Waals surface area contributed by atoms with Crippen molar-refractivity contribution in [3.8, 4) is 0 Å². The summed E-state index contributed by atoms with van der Waals surface area (Å²) in [5.41, 5.74) is 1.14. The highest BCUT2D eigenvalue weighted by Crippen LogP contribution is 2.12. The summed E-state index contributed by atoms with van der Waals surface area (Å²) >= 11 is 0. The molecule has 0 aromatic carbocycles. The SMILES string of the molecule is CC.c1cnc2nc(C[C@@H]3CCCCN3)cn2c1. The van der Waals surface area contributed by atoms with Crippen molar-refractivity contribution in [2.24, 2.45) is 0 Å². The van der Waals surface area contributed by atoms with Gasteiger partial charge in [-0.05, 0) is 25.5 Å². The highest BCUT2D eigenvalue weighted by Gasteiger charge is 2.14. The molecule has 0 bridgehead atoms. The summed E-state index contributed by atoms with van der Waals surface area (Å²) in [5, 5.41) is 3.54. The van der Waals surface area contributed by atoms with Crippen molar-refractivity contribution in [1.29, 1.82) is 0 Å². The van der Waals surface area contributed by atoms with Crippen LogP contribution in [0.2, 0.25) is 0 Å². The second-order valence-electron chi connectivity index (χ2n) is 4.41. The molecule has 2 aromatic rings. The van der Waals surface area contributed by atoms with E-state index in [4.69, 9.17) is 0 Å². The maximum absolute atomic E-state index is 4.52. The number of piperidine rings is 1. The van der Waals surface area contributed by atoms with E-state index in [1.54, 1.807) is 6.20 Å². The van der Waals surface area contributed by atoms with Crippen LogP contribution in [0.15, 0.2) is 24.7 Å². The van der Waals surface area contributed by atoms with Gasteiger partial charge in [0.2, 0.25) is 5.78 Å². The Bertz CT molecular complexity index is 438. The predicted octanol–water partition coefficient (Wildman–Crippen LogP) is 2.44. The predicted molar refractivity (Wildman–Crippen MR) is 73.7 cm³/mol. The minimum atomic E-state index is 0.596. The first kappa shape index (κ1) is 13.0. The van der Waals surface area contributed by atoms with E-state index < -0.39 is 0 Å². The number of rotatable bonds is 2. The largest absolute Gasteiger partial charge is 0.314 e. The molecule has 4 heteroatoms. The van der Waals surface area contributed by atoms with E-state index in [1.807, 2.05) is 30.5 Å². The smallest absolute Gasteiger partial charge is 0.233 e. The van der Waals surface area contributed by atoms with Crippen LogP contribution in [-0.2, 0) is 6.42 Å². The molecule has 0 unspecified atom stereocenters. The highest BCUT2D eigenvalue weighted by molar-refractivity contribution is 5.29. The second kappa shape index (κ2) is 6.50. The lowest BCUT2D eigenvalue weighted by Gasteiger charge is -2.22. The summed E-state index contributed by atoms with van der Waals surface area (Å²) in [4.78, 5) is 8.75. The number of nitrogens with zero attached hydrogens (tertiary/aromatic N) is 3. The first-order valence-corrected chi connectivity index (χ1v) is 6.94. The lowest BCUT2D eigenvalue weighted by Crippen LogP contribution is -2.35. The van der Waals surface area contributed by atoms with Gasteiger partial charge in [-0.2, -0.15) is 0 Å². The number of imidazole rings is 1. The van der Waals surface area contributed by atoms with Gasteiger partial charge >= 0.3 is 0 Å². The first-order valence-electron chi connectivity index (χ1n) is 6.94. The van der Waals surface area contributed by atoms with Crippen LogP contribution in [0.4, 0.5) is 0 Å². The highest BCUT2D eigenvalue weighted by atomic mass is 15.1. The molecule has 1 N–H and O–H groups in total. The molecule has 0 spiro atoms. The zero-order valence-corrected chi connectivity index (χ0v) is 11.3. The summed E-state index contributed by atoms with van der Waals surface area (Å²) in [5.74, 6) is 0.799. The van der Waals surface area contributed by atoms with E-state index in [1.165, 1.54) is 19.3 Å². The monoisotopic (exact) mass is 246 g/mol. The molecule has 1 aliphatic rings. The quantitative estimate of drug-likeness (QED) is 0.885. The van der Waals surface area contributed by atoms with Gasteiger partial charge in [0.1, 0.15) is 0 Å². The number of fused-ring (bicyclic) bond motifs is 1. The summed E-state index contributed by atoms with van der Waals surface area (Å²) in [6.07, 6.45) is 10.8. The van der Waals surface area contributed by atoms with E-state index in [0.29, 0.717) is 6.04 Å². The Morgan fingerprint density at radius 1 is 1.39 bits per heavy atom. The molecule has 18 heavy (non-hydrogen) atoms. The third-order valence-electron chi connectivity index (χ3n) is 3.15. The zero-order valence-electron chi connectivity index (χ0n) is 11.3. The first-order chi connectivity index (χ1) is 8.92. The molecule has 3 heterocycles. The van der Waals surface area contributed by atoms with Crippen LogP contribution in [0, 0.1) is 0 Å². The van der Waals surface area contributed by atoms with Crippen LogP contribution >= 0.6 is 0 Å². The third-order valence-corrected chi connectivity index (χ3v) is 3.15. The van der Waals surface area contributed by atoms with Gasteiger partial charge in [0.15, 0.2) is 0 Å². The molecular formula is C14H22N4. The molecule has 1 atom stereocenters. The maximum Gasteiger partial charge on any atom is 0.233 e. The van der Waals surface area contributed by atoms with E-state index in [0.717, 1.165) is 24.4 Å². The van der Waals surface area contributed by atoms with Crippen molar-refractivity contribution in [3.63, 3.8) is 0 Å². The Morgan fingerprint density at radius 3 is 3.00 bits per heavy atom. The number of aromatic nitrogens is 3. The molecule has 4 nitrogen and oxygen atoms in total. The number of nitrogens with one attached hydrogen (secondary N) is 1. The van der Waals surface area contributed by atoms with Crippen molar-refractivity contribution in [2.75, 3.05) is 6.54 Å². The fraction of sp³-hybridized carbons (Fsp3) is 0.571. The van der Waals surface area contributed by atoms with Gasteiger partial charge in [0.05, 0.1) is 5.69 Å². The molecule has 0 saturated carbocycles. The Labute approximate surface area is 108 Å². The molecule has 1 saturated heterocycles. The number of hydrogen-bond donors (Lipinski definition) is 1. The summed E-state index contributed by atoms with van der Waals surface area (Å²) in [6, 6.07) is 2.52. The van der Waals surface area contributed by atoms with E-state index in [2.05, 4.69) is 21.5 Å².